The Balaban J connectivity index is 2.94. The van der Waals surface area contributed by atoms with Crippen LogP contribution in [-0.4, -0.2) is 25.7 Å². The molecular weight excluding hydrogens is 210 g/mol. The summed E-state index contributed by atoms with van der Waals surface area (Å²) in [5.74, 6) is -0.0425. The van der Waals surface area contributed by atoms with Crippen LogP contribution in [0, 0.1) is 0 Å². The van der Waals surface area contributed by atoms with Gasteiger partial charge in [0.25, 0.3) is 0 Å². The van der Waals surface area contributed by atoms with E-state index in [0.29, 0.717) is 5.01 Å². The number of hydrogen-bond acceptors (Lipinski definition) is 6. The Hall–Kier alpha value is -0.500. The third-order valence-corrected chi connectivity index (χ3v) is 4.72. The fourth-order valence-electron chi connectivity index (χ4n) is 0.787. The monoisotopic (exact) mass is 221 g/mol. The number of aromatic nitrogens is 1. The van der Waals surface area contributed by atoms with Crippen LogP contribution >= 0.6 is 11.3 Å². The normalized spacial score (nSPS) is 11.8. The number of rotatable bonds is 4. The van der Waals surface area contributed by atoms with Crippen molar-refractivity contribution in [3.63, 3.8) is 0 Å². The molecule has 0 aliphatic rings. The van der Waals surface area contributed by atoms with Crippen molar-refractivity contribution in [2.24, 2.45) is 11.5 Å². The van der Waals surface area contributed by atoms with E-state index in [2.05, 4.69) is 4.98 Å². The Labute approximate surface area is 80.7 Å². The van der Waals surface area contributed by atoms with Gasteiger partial charge in [0, 0.05) is 13.1 Å². The topological polar surface area (TPSA) is 99.1 Å². The second kappa shape index (κ2) is 4.14. The van der Waals surface area contributed by atoms with E-state index in [1.54, 1.807) is 0 Å². The van der Waals surface area contributed by atoms with Crippen molar-refractivity contribution in [2.45, 2.75) is 10.8 Å². The first-order chi connectivity index (χ1) is 6.10. The summed E-state index contributed by atoms with van der Waals surface area (Å²) in [4.78, 5) is 3.86. The molecule has 1 rings (SSSR count). The van der Waals surface area contributed by atoms with Gasteiger partial charge in [-0.1, -0.05) is 0 Å². The molecule has 13 heavy (non-hydrogen) atoms. The molecule has 0 aliphatic carbocycles. The van der Waals surface area contributed by atoms with Gasteiger partial charge < -0.3 is 11.5 Å². The van der Waals surface area contributed by atoms with E-state index in [1.165, 1.54) is 6.20 Å². The lowest BCUT2D eigenvalue weighted by Crippen LogP contribution is -2.14. The van der Waals surface area contributed by atoms with Crippen LogP contribution < -0.4 is 11.5 Å². The highest BCUT2D eigenvalue weighted by atomic mass is 32.2. The zero-order chi connectivity index (χ0) is 9.90. The lowest BCUT2D eigenvalue weighted by atomic mass is 10.7. The summed E-state index contributed by atoms with van der Waals surface area (Å²) >= 11 is 1.10. The molecule has 0 aliphatic heterocycles. The second-order valence-corrected chi connectivity index (χ2v) is 5.84. The fraction of sp³-hybridized carbons (Fsp3) is 0.500. The Kier molecular flexibility index (Phi) is 3.37. The molecule has 0 aromatic carbocycles. The lowest BCUT2D eigenvalue weighted by Gasteiger charge is -1.95. The summed E-state index contributed by atoms with van der Waals surface area (Å²) in [5, 5.41) is 0.621. The van der Waals surface area contributed by atoms with Crippen LogP contribution in [0.3, 0.4) is 0 Å². The van der Waals surface area contributed by atoms with Gasteiger partial charge in [0.05, 0.1) is 11.9 Å². The maximum atomic E-state index is 11.4. The third-order valence-electron chi connectivity index (χ3n) is 1.40. The number of sulfone groups is 1. The van der Waals surface area contributed by atoms with Crippen molar-refractivity contribution in [2.75, 3.05) is 12.3 Å². The predicted molar refractivity (Wildman–Crippen MR) is 51.1 cm³/mol. The van der Waals surface area contributed by atoms with Crippen molar-refractivity contribution < 1.29 is 8.42 Å². The molecule has 74 valence electrons. The summed E-state index contributed by atoms with van der Waals surface area (Å²) in [6.45, 7) is 0.390. The van der Waals surface area contributed by atoms with Crippen LogP contribution in [0.25, 0.3) is 0 Å². The van der Waals surface area contributed by atoms with Gasteiger partial charge in [0.1, 0.15) is 9.22 Å². The van der Waals surface area contributed by atoms with E-state index >= 15 is 0 Å². The van der Waals surface area contributed by atoms with Crippen molar-refractivity contribution >= 4 is 21.2 Å². The molecule has 0 radical (unpaired) electrons. The molecular formula is C6H11N3O2S2. The standard InChI is InChI=1S/C6H11N3O2S2/c7-1-2-13(10,11)6-4-9-5(3-8)12-6/h4H,1-3,7-8H2. The van der Waals surface area contributed by atoms with Crippen molar-refractivity contribution in [3.05, 3.63) is 11.2 Å². The van der Waals surface area contributed by atoms with Crippen LogP contribution in [0.2, 0.25) is 0 Å². The molecule has 0 saturated carbocycles. The maximum Gasteiger partial charge on any atom is 0.190 e. The summed E-state index contributed by atoms with van der Waals surface area (Å²) in [6.07, 6.45) is 1.33. The van der Waals surface area contributed by atoms with E-state index in [9.17, 15) is 8.42 Å². The molecule has 0 bridgehead atoms. The average molecular weight is 221 g/mol. The largest absolute Gasteiger partial charge is 0.329 e. The Morgan fingerprint density at radius 2 is 2.15 bits per heavy atom. The minimum absolute atomic E-state index is 0.0425. The molecule has 0 unspecified atom stereocenters. The van der Waals surface area contributed by atoms with E-state index in [4.69, 9.17) is 11.5 Å². The summed E-state index contributed by atoms with van der Waals surface area (Å²) in [5.41, 5.74) is 10.5. The van der Waals surface area contributed by atoms with Gasteiger partial charge in [-0.05, 0) is 0 Å². The SMILES string of the molecule is NCCS(=O)(=O)c1cnc(CN)s1. The van der Waals surface area contributed by atoms with Gasteiger partial charge >= 0.3 is 0 Å². The van der Waals surface area contributed by atoms with Gasteiger partial charge in [-0.3, -0.25) is 0 Å². The molecule has 1 aromatic heterocycles. The molecule has 1 heterocycles. The van der Waals surface area contributed by atoms with Gasteiger partial charge in [-0.2, -0.15) is 0 Å². The second-order valence-electron chi connectivity index (χ2n) is 2.38. The molecule has 0 fully saturated rings. The summed E-state index contributed by atoms with van der Waals surface area (Å²) in [6, 6.07) is 0. The van der Waals surface area contributed by atoms with Crippen LogP contribution in [0.1, 0.15) is 5.01 Å². The van der Waals surface area contributed by atoms with Crippen molar-refractivity contribution in [1.82, 2.24) is 4.98 Å². The molecule has 1 aromatic rings. The molecule has 0 saturated heterocycles. The quantitative estimate of drug-likeness (QED) is 0.702. The molecule has 0 spiro atoms. The highest BCUT2D eigenvalue weighted by molar-refractivity contribution is 7.93. The van der Waals surface area contributed by atoms with Gasteiger partial charge in [-0.25, -0.2) is 13.4 Å². The van der Waals surface area contributed by atoms with Gasteiger partial charge in [-0.15, -0.1) is 11.3 Å². The number of nitrogens with two attached hydrogens (primary N) is 2. The van der Waals surface area contributed by atoms with Crippen molar-refractivity contribution in [1.29, 1.82) is 0 Å². The van der Waals surface area contributed by atoms with Crippen LogP contribution in [0.4, 0.5) is 0 Å². The summed E-state index contributed by atoms with van der Waals surface area (Å²) in [7, 11) is -3.22. The smallest absolute Gasteiger partial charge is 0.190 e. The zero-order valence-electron chi connectivity index (χ0n) is 6.93. The predicted octanol–water partition coefficient (Wildman–Crippen LogP) is -0.666. The van der Waals surface area contributed by atoms with Crippen LogP contribution in [-0.2, 0) is 16.4 Å². The minimum atomic E-state index is -3.22. The highest BCUT2D eigenvalue weighted by Crippen LogP contribution is 2.19. The van der Waals surface area contributed by atoms with Gasteiger partial charge in [0.2, 0.25) is 0 Å². The Bertz CT molecular complexity index is 371. The van der Waals surface area contributed by atoms with E-state index in [-0.39, 0.29) is 23.1 Å². The summed E-state index contributed by atoms with van der Waals surface area (Å²) < 4.78 is 23.1. The number of hydrogen-bond donors (Lipinski definition) is 2. The Morgan fingerprint density at radius 1 is 1.46 bits per heavy atom. The van der Waals surface area contributed by atoms with Gasteiger partial charge in [0.15, 0.2) is 9.84 Å². The molecule has 7 heteroatoms. The fourth-order valence-corrected chi connectivity index (χ4v) is 3.09. The van der Waals surface area contributed by atoms with Crippen molar-refractivity contribution in [3.8, 4) is 0 Å². The first kappa shape index (κ1) is 10.6. The van der Waals surface area contributed by atoms with Crippen LogP contribution in [0.15, 0.2) is 10.4 Å². The van der Waals surface area contributed by atoms with E-state index in [0.717, 1.165) is 11.3 Å². The average Bonchev–Trinajstić information content (AvgIpc) is 2.52. The highest BCUT2D eigenvalue weighted by Gasteiger charge is 2.16. The number of thiazole rings is 1. The van der Waals surface area contributed by atoms with E-state index in [1.807, 2.05) is 0 Å². The first-order valence-electron chi connectivity index (χ1n) is 3.67. The minimum Gasteiger partial charge on any atom is -0.329 e. The molecule has 0 amide bonds. The Morgan fingerprint density at radius 3 is 2.62 bits per heavy atom. The zero-order valence-corrected chi connectivity index (χ0v) is 8.57. The molecule has 4 N–H and O–H groups in total. The van der Waals surface area contributed by atoms with E-state index < -0.39 is 9.84 Å². The third kappa shape index (κ3) is 2.47. The van der Waals surface area contributed by atoms with Crippen LogP contribution in [0.5, 0.6) is 0 Å². The molecule has 0 atom stereocenters. The number of nitrogens with zero attached hydrogens (tertiary/aromatic N) is 1. The lowest BCUT2D eigenvalue weighted by molar-refractivity contribution is 0.597. The first-order valence-corrected chi connectivity index (χ1v) is 6.14. The maximum absolute atomic E-state index is 11.4. The molecule has 5 nitrogen and oxygen atoms in total.